The van der Waals surface area contributed by atoms with Gasteiger partial charge in [-0.25, -0.2) is 9.97 Å². The van der Waals surface area contributed by atoms with E-state index in [-0.39, 0.29) is 24.0 Å². The number of rotatable bonds is 8. The number of ketones is 1. The predicted molar refractivity (Wildman–Crippen MR) is 159 cm³/mol. The molecule has 0 saturated heterocycles. The van der Waals surface area contributed by atoms with Crippen LogP contribution in [-0.2, 0) is 23.1 Å². The van der Waals surface area contributed by atoms with Gasteiger partial charge in [-0.15, -0.1) is 0 Å². The number of anilines is 1. The Morgan fingerprint density at radius 3 is 2.23 bits per heavy atom. The number of carboxylic acids is 1. The van der Waals surface area contributed by atoms with E-state index in [0.29, 0.717) is 11.4 Å². The summed E-state index contributed by atoms with van der Waals surface area (Å²) in [6.45, 7) is 7.37. The molecule has 0 saturated carbocycles. The Morgan fingerprint density at radius 1 is 0.900 bits per heavy atom. The van der Waals surface area contributed by atoms with Gasteiger partial charge in [0.2, 0.25) is 0 Å². The maximum Gasteiger partial charge on any atom is 0.307 e. The third-order valence-corrected chi connectivity index (χ3v) is 7.58. The van der Waals surface area contributed by atoms with E-state index in [9.17, 15) is 14.7 Å². The molecule has 5 rings (SSSR count). The summed E-state index contributed by atoms with van der Waals surface area (Å²) in [6, 6.07) is 21.5. The van der Waals surface area contributed by atoms with Gasteiger partial charge in [-0.2, -0.15) is 0 Å². The summed E-state index contributed by atoms with van der Waals surface area (Å²) in [4.78, 5) is 34.0. The van der Waals surface area contributed by atoms with Crippen molar-refractivity contribution in [2.75, 3.05) is 11.9 Å². The van der Waals surface area contributed by atoms with Crippen LogP contribution in [0.4, 0.5) is 5.69 Å². The Bertz CT molecular complexity index is 1500. The quantitative estimate of drug-likeness (QED) is 0.237. The zero-order valence-corrected chi connectivity index (χ0v) is 23.3. The van der Waals surface area contributed by atoms with Crippen LogP contribution in [0.1, 0.15) is 60.7 Å². The Kier molecular flexibility index (Phi) is 7.78. The molecule has 4 aromatic rings. The molecule has 0 unspecified atom stereocenters. The summed E-state index contributed by atoms with van der Waals surface area (Å²) >= 11 is 0. The van der Waals surface area contributed by atoms with E-state index in [0.717, 1.165) is 47.2 Å². The number of Topliss-reactive ketones (excluding diaryl/α,β-unsaturated/α-hetero) is 1. The third kappa shape index (κ3) is 6.28. The summed E-state index contributed by atoms with van der Waals surface area (Å²) in [7, 11) is 0. The van der Waals surface area contributed by atoms with Crippen LogP contribution < -0.4 is 5.32 Å². The predicted octanol–water partition coefficient (Wildman–Crippen LogP) is 6.98. The average Bonchev–Trinajstić information content (AvgIpc) is 2.96. The summed E-state index contributed by atoms with van der Waals surface area (Å²) < 4.78 is 0. The fourth-order valence-corrected chi connectivity index (χ4v) is 5.10. The van der Waals surface area contributed by atoms with Crippen molar-refractivity contribution in [2.45, 2.75) is 51.9 Å². The second-order valence-corrected chi connectivity index (χ2v) is 11.6. The maximum atomic E-state index is 12.9. The van der Waals surface area contributed by atoms with Crippen LogP contribution in [0.15, 0.2) is 79.1 Å². The lowest BCUT2D eigenvalue weighted by atomic mass is 9.86. The second kappa shape index (κ2) is 11.4. The van der Waals surface area contributed by atoms with Crippen molar-refractivity contribution in [3.05, 3.63) is 101 Å². The fourth-order valence-electron chi connectivity index (χ4n) is 5.10. The molecule has 1 aliphatic heterocycles. The molecule has 6 nitrogen and oxygen atoms in total. The lowest BCUT2D eigenvalue weighted by molar-refractivity contribution is -0.141. The van der Waals surface area contributed by atoms with Crippen molar-refractivity contribution in [3.63, 3.8) is 0 Å². The first kappa shape index (κ1) is 27.3. The van der Waals surface area contributed by atoms with E-state index in [1.165, 1.54) is 11.3 Å². The third-order valence-electron chi connectivity index (χ3n) is 7.58. The molecule has 0 bridgehead atoms. The first-order valence-corrected chi connectivity index (χ1v) is 13.8. The normalized spacial score (nSPS) is 13.7. The number of hydrogen-bond acceptors (Lipinski definition) is 5. The maximum absolute atomic E-state index is 12.9. The minimum Gasteiger partial charge on any atom is -0.481 e. The number of fused-ring (bicyclic) bond motifs is 1. The highest BCUT2D eigenvalue weighted by Crippen LogP contribution is 2.29. The Balaban J connectivity index is 1.24. The highest BCUT2D eigenvalue weighted by atomic mass is 16.4. The van der Waals surface area contributed by atoms with Crippen molar-refractivity contribution in [1.82, 2.24) is 9.97 Å². The average molecular weight is 534 g/mol. The van der Waals surface area contributed by atoms with Gasteiger partial charge in [-0.1, -0.05) is 75.4 Å². The number of aliphatic carboxylic acids is 1. The van der Waals surface area contributed by atoms with E-state index < -0.39 is 11.9 Å². The number of carbonyl (C=O) groups excluding carboxylic acids is 1. The van der Waals surface area contributed by atoms with Crippen molar-refractivity contribution < 1.29 is 14.7 Å². The van der Waals surface area contributed by atoms with E-state index >= 15 is 0 Å². The van der Waals surface area contributed by atoms with Gasteiger partial charge in [-0.3, -0.25) is 9.59 Å². The molecule has 1 aliphatic rings. The number of carboxylic acid groups (broad SMARTS) is 1. The molecule has 40 heavy (non-hydrogen) atoms. The SMILES string of the molecule is CC(C)(C)c1ccc(C(=O)C[C@@H](Cc2ccc(-c3ncc(-c4ccc5c(c4)CCCN5)cn3)cc2)C(=O)O)cc1. The molecular weight excluding hydrogens is 498 g/mol. The van der Waals surface area contributed by atoms with Crippen LogP contribution in [0, 0.1) is 5.92 Å². The van der Waals surface area contributed by atoms with Gasteiger partial charge in [0.25, 0.3) is 0 Å². The molecular formula is C34H35N3O3. The monoisotopic (exact) mass is 533 g/mol. The van der Waals surface area contributed by atoms with Crippen LogP contribution in [0.3, 0.4) is 0 Å². The fraction of sp³-hybridized carbons (Fsp3) is 0.294. The lowest BCUT2D eigenvalue weighted by Gasteiger charge is -2.19. The standard InChI is InChI=1S/C34H35N3O3/c1-34(2,3)29-13-10-23(11-14-29)31(38)19-27(33(39)40)17-22-6-8-24(9-7-22)32-36-20-28(21-37-32)25-12-15-30-26(18-25)5-4-16-35-30/h6-15,18,20-21,27,35H,4-5,16-17,19H2,1-3H3,(H,39,40)/t27-/m1/s1. The molecule has 0 amide bonds. The highest BCUT2D eigenvalue weighted by Gasteiger charge is 2.23. The van der Waals surface area contributed by atoms with Crippen molar-refractivity contribution >= 4 is 17.4 Å². The minimum absolute atomic E-state index is 0.0102. The van der Waals surface area contributed by atoms with Crippen LogP contribution >= 0.6 is 0 Å². The Morgan fingerprint density at radius 2 is 1.57 bits per heavy atom. The van der Waals surface area contributed by atoms with Gasteiger partial charge in [0.15, 0.2) is 11.6 Å². The largest absolute Gasteiger partial charge is 0.481 e. The molecule has 0 spiro atoms. The van der Waals surface area contributed by atoms with Crippen molar-refractivity contribution in [3.8, 4) is 22.5 Å². The Labute approximate surface area is 235 Å². The molecule has 1 atom stereocenters. The molecule has 2 heterocycles. The minimum atomic E-state index is -0.972. The number of nitrogens with zero attached hydrogens (tertiary/aromatic N) is 2. The van der Waals surface area contributed by atoms with E-state index in [4.69, 9.17) is 0 Å². The molecule has 0 aliphatic carbocycles. The van der Waals surface area contributed by atoms with Gasteiger partial charge in [0.1, 0.15) is 0 Å². The van der Waals surface area contributed by atoms with E-state index in [2.05, 4.69) is 54.3 Å². The first-order valence-electron chi connectivity index (χ1n) is 13.8. The lowest BCUT2D eigenvalue weighted by Crippen LogP contribution is -2.20. The molecule has 0 radical (unpaired) electrons. The number of carbonyl (C=O) groups is 2. The van der Waals surface area contributed by atoms with Gasteiger partial charge in [0.05, 0.1) is 5.92 Å². The van der Waals surface area contributed by atoms with E-state index in [1.807, 2.05) is 48.8 Å². The molecule has 6 heteroatoms. The van der Waals surface area contributed by atoms with Gasteiger partial charge in [-0.05, 0) is 59.1 Å². The van der Waals surface area contributed by atoms with Crippen LogP contribution in [0.2, 0.25) is 0 Å². The molecule has 0 fully saturated rings. The summed E-state index contributed by atoms with van der Waals surface area (Å²) in [5.41, 5.74) is 7.97. The van der Waals surface area contributed by atoms with Crippen LogP contribution in [-0.4, -0.2) is 33.4 Å². The molecule has 204 valence electrons. The van der Waals surface area contributed by atoms with Crippen LogP contribution in [0.5, 0.6) is 0 Å². The number of aromatic nitrogens is 2. The van der Waals surface area contributed by atoms with E-state index in [1.54, 1.807) is 12.1 Å². The zero-order valence-electron chi connectivity index (χ0n) is 23.3. The molecule has 2 N–H and O–H groups in total. The number of nitrogens with one attached hydrogen (secondary N) is 1. The van der Waals surface area contributed by atoms with Gasteiger partial charge >= 0.3 is 5.97 Å². The smallest absolute Gasteiger partial charge is 0.307 e. The van der Waals surface area contributed by atoms with Crippen molar-refractivity contribution in [1.29, 1.82) is 0 Å². The first-order chi connectivity index (χ1) is 19.2. The highest BCUT2D eigenvalue weighted by molar-refractivity contribution is 5.98. The second-order valence-electron chi connectivity index (χ2n) is 11.6. The zero-order chi connectivity index (χ0) is 28.3. The Hall–Kier alpha value is -4.32. The summed E-state index contributed by atoms with van der Waals surface area (Å²) in [5, 5.41) is 13.3. The molecule has 1 aromatic heterocycles. The molecule has 3 aromatic carbocycles. The van der Waals surface area contributed by atoms with Crippen molar-refractivity contribution in [2.24, 2.45) is 5.92 Å². The van der Waals surface area contributed by atoms with Gasteiger partial charge in [0, 0.05) is 47.7 Å². The number of hydrogen-bond donors (Lipinski definition) is 2. The van der Waals surface area contributed by atoms with Crippen LogP contribution in [0.25, 0.3) is 22.5 Å². The summed E-state index contributed by atoms with van der Waals surface area (Å²) in [5.74, 6) is -1.32. The number of aryl methyl sites for hydroxylation is 1. The topological polar surface area (TPSA) is 92.2 Å². The summed E-state index contributed by atoms with van der Waals surface area (Å²) in [6.07, 6.45) is 6.12. The number of benzene rings is 3. The van der Waals surface area contributed by atoms with Gasteiger partial charge < -0.3 is 10.4 Å².